The van der Waals surface area contributed by atoms with Crippen molar-refractivity contribution >= 4 is 97.5 Å². The van der Waals surface area contributed by atoms with Crippen LogP contribution in [0.1, 0.15) is 244 Å². The maximum Gasteiger partial charge on any atom is 0.410 e. The van der Waals surface area contributed by atoms with Crippen LogP contribution in [-0.4, -0.2) is 228 Å². The SMILES string of the molecule is CC(C)(C)OC(=O)N[C@H]1CCCCC/C=C\[C@@H]2C[C@@]2(C(=O)NS(=O)(=O)C2CC2)NC(=O)[C@@H]2C[C@@H](OC(=O)N3Cc4cccc(F)c4C3)CN2C1=O.O=C(NC(C(=O)O)C1CCCCC1)c1cnccn1.O=C(N[C@H](C(=O)N[C@H]1CCCCC/C=C\[C@@H]2C[C@@]2(C(=O)NS(=O)(=O)C2CC2)NC(=O)[C@@H]2C[C@@H](OC(=O)N3Cc4cccc(F)c4C3)CN2C1=O)C1CCCCC1)c1cnccn1. The summed E-state index contributed by atoms with van der Waals surface area (Å²) in [6.45, 7) is 4.85. The minimum Gasteiger partial charge on any atom is -0.480 e. The summed E-state index contributed by atoms with van der Waals surface area (Å²) in [5.74, 6) is -9.08. The number of benzene rings is 2. The predicted octanol–water partition coefficient (Wildman–Crippen LogP) is 7.29. The molecule has 37 nitrogen and oxygen atoms in total. The van der Waals surface area contributed by atoms with E-state index < -0.39 is 197 Å². The number of carbonyl (C=O) groups excluding carboxylic acids is 12. The number of carboxylic acid groups (broad SMARTS) is 1. The summed E-state index contributed by atoms with van der Waals surface area (Å²) >= 11 is 0. The molecular weight excluding hydrogens is 1760 g/mol. The largest absolute Gasteiger partial charge is 0.480 e. The van der Waals surface area contributed by atoms with E-state index in [1.165, 1.54) is 68.9 Å². The molecule has 0 radical (unpaired) electrons. The highest BCUT2D eigenvalue weighted by Gasteiger charge is 2.64. The molecular formula is C91H116F2N16O21S2. The molecule has 16 rings (SSSR count). The molecule has 2 aromatic carbocycles. The predicted molar refractivity (Wildman–Crippen MR) is 467 cm³/mol. The van der Waals surface area contributed by atoms with Gasteiger partial charge < -0.3 is 61.0 Å². The summed E-state index contributed by atoms with van der Waals surface area (Å²) in [6, 6.07) is 2.60. The first-order chi connectivity index (χ1) is 63.1. The Hall–Kier alpha value is -11.7. The van der Waals surface area contributed by atoms with Gasteiger partial charge in [0, 0.05) is 73.7 Å². The van der Waals surface area contributed by atoms with Crippen LogP contribution >= 0.6 is 0 Å². The zero-order valence-electron chi connectivity index (χ0n) is 74.1. The molecule has 6 aliphatic heterocycles. The molecule has 8 fully saturated rings. The van der Waals surface area contributed by atoms with Crippen LogP contribution in [0.5, 0.6) is 0 Å². The summed E-state index contributed by atoms with van der Waals surface area (Å²) in [4.78, 5) is 197. The minimum atomic E-state index is -3.97. The number of aliphatic carboxylic acids is 1. The summed E-state index contributed by atoms with van der Waals surface area (Å²) in [6.07, 6.45) is 27.9. The fourth-order valence-corrected chi connectivity index (χ4v) is 21.6. The number of allylic oxidation sites excluding steroid dienone is 2. The summed E-state index contributed by atoms with van der Waals surface area (Å²) < 4.78 is 102. The minimum absolute atomic E-state index is 0.00168. The van der Waals surface area contributed by atoms with Gasteiger partial charge in [-0.3, -0.25) is 72.4 Å². The van der Waals surface area contributed by atoms with Gasteiger partial charge in [0.1, 0.15) is 88.2 Å². The number of nitrogens with zero attached hydrogens (tertiary/aromatic N) is 8. The van der Waals surface area contributed by atoms with Gasteiger partial charge in [0.15, 0.2) is 0 Å². The number of nitrogens with one attached hydrogen (secondary N) is 8. The van der Waals surface area contributed by atoms with E-state index in [0.717, 1.165) is 64.2 Å². The van der Waals surface area contributed by atoms with Crippen LogP contribution in [0.15, 0.2) is 97.9 Å². The molecule has 0 spiro atoms. The van der Waals surface area contributed by atoms with Gasteiger partial charge in [-0.05, 0) is 159 Å². The summed E-state index contributed by atoms with van der Waals surface area (Å²) in [7, 11) is -7.88. The maximum absolute atomic E-state index is 14.9. The third kappa shape index (κ3) is 23.9. The van der Waals surface area contributed by atoms with E-state index in [1.54, 1.807) is 45.0 Å². The highest BCUT2D eigenvalue weighted by Crippen LogP contribution is 2.48. The monoisotopic (exact) mass is 1870 g/mol. The van der Waals surface area contributed by atoms with Crippen molar-refractivity contribution in [3.63, 3.8) is 0 Å². The number of hydrogen-bond acceptors (Lipinski definition) is 24. The van der Waals surface area contributed by atoms with Crippen LogP contribution in [-0.2, 0) is 98.8 Å². The number of amides is 12. The number of hydrogen-bond donors (Lipinski definition) is 9. The number of fused-ring (bicyclic) bond motifs is 6. The van der Waals surface area contributed by atoms with E-state index in [1.807, 2.05) is 24.3 Å². The average Bonchev–Trinajstić information content (AvgIpc) is 1.57. The fraction of sp³-hybridized carbons (Fsp3) is 0.593. The Labute approximate surface area is 763 Å². The number of alkyl carbamates (subject to hydrolysis) is 1. The van der Waals surface area contributed by atoms with Crippen molar-refractivity contribution in [3.05, 3.63) is 143 Å². The van der Waals surface area contributed by atoms with Crippen LogP contribution in [0.3, 0.4) is 0 Å². The first-order valence-corrected chi connectivity index (χ1v) is 49.0. The molecule has 41 heteroatoms. The van der Waals surface area contributed by atoms with Gasteiger partial charge in [-0.1, -0.05) is 113 Å². The second kappa shape index (κ2) is 41.6. The molecule has 132 heavy (non-hydrogen) atoms. The molecule has 0 bridgehead atoms. The average molecular weight is 1870 g/mol. The second-order valence-electron chi connectivity index (χ2n) is 37.5. The summed E-state index contributed by atoms with van der Waals surface area (Å²) in [5.41, 5.74) is -1.78. The quantitative estimate of drug-likeness (QED) is 0.0348. The first-order valence-electron chi connectivity index (χ1n) is 45.9. The molecule has 6 aliphatic carbocycles. The van der Waals surface area contributed by atoms with Gasteiger partial charge in [0.05, 0.1) is 49.1 Å². The number of carbonyl (C=O) groups is 13. The van der Waals surface area contributed by atoms with Crippen LogP contribution < -0.4 is 41.3 Å². The fourth-order valence-electron chi connectivity index (χ4n) is 18.8. The molecule has 4 aromatic rings. The smallest absolute Gasteiger partial charge is 0.410 e. The molecule has 9 N–H and O–H groups in total. The van der Waals surface area contributed by atoms with Crippen molar-refractivity contribution in [1.82, 2.24) is 80.9 Å². The molecule has 12 atom stereocenters. The Morgan fingerprint density at radius 3 is 1.33 bits per heavy atom. The van der Waals surface area contributed by atoms with Gasteiger partial charge in [0.25, 0.3) is 23.6 Å². The van der Waals surface area contributed by atoms with Gasteiger partial charge >= 0.3 is 24.2 Å². The number of aromatic nitrogens is 4. The molecule has 12 amide bonds. The number of halogens is 2. The van der Waals surface area contributed by atoms with E-state index in [0.29, 0.717) is 99.3 Å². The van der Waals surface area contributed by atoms with E-state index in [2.05, 4.69) is 61.3 Å². The van der Waals surface area contributed by atoms with E-state index in [9.17, 15) is 93.1 Å². The Morgan fingerprint density at radius 2 is 0.932 bits per heavy atom. The highest BCUT2D eigenvalue weighted by molar-refractivity contribution is 7.91. The Bertz CT molecular complexity index is 5310. The number of carboxylic acids is 1. The van der Waals surface area contributed by atoms with Crippen molar-refractivity contribution in [2.45, 2.75) is 302 Å². The zero-order valence-corrected chi connectivity index (χ0v) is 75.8. The third-order valence-corrected chi connectivity index (χ3v) is 30.2. The van der Waals surface area contributed by atoms with Crippen molar-refractivity contribution in [2.24, 2.45) is 23.7 Å². The van der Waals surface area contributed by atoms with Crippen molar-refractivity contribution in [3.8, 4) is 0 Å². The molecule has 8 heterocycles. The van der Waals surface area contributed by atoms with Gasteiger partial charge in [0.2, 0.25) is 49.6 Å². The second-order valence-corrected chi connectivity index (χ2v) is 41.4. The first kappa shape index (κ1) is 96.4. The Balaban J connectivity index is 0.000000179. The normalized spacial score (nSPS) is 26.8. The van der Waals surface area contributed by atoms with Gasteiger partial charge in [-0.25, -0.2) is 54.8 Å². The maximum atomic E-state index is 14.9. The lowest BCUT2D eigenvalue weighted by Gasteiger charge is -2.33. The van der Waals surface area contributed by atoms with Crippen LogP contribution in [0.4, 0.5) is 23.2 Å². The van der Waals surface area contributed by atoms with Crippen molar-refractivity contribution in [2.75, 3.05) is 13.1 Å². The van der Waals surface area contributed by atoms with Crippen molar-refractivity contribution < 1.29 is 107 Å². The van der Waals surface area contributed by atoms with Crippen LogP contribution in [0.25, 0.3) is 0 Å². The lowest BCUT2D eigenvalue weighted by Crippen LogP contribution is -2.60. The number of rotatable bonds is 18. The topological polar surface area (TPSA) is 499 Å². The van der Waals surface area contributed by atoms with E-state index in [-0.39, 0.29) is 101 Å². The standard InChI is InChI=1S/C43H53FN8O9S.C35H46FN5O9S.C13H17N3O3/c44-32-14-9-12-27-23-51(25-31(27)32)42(58)61-29-20-35-38(54)49-43(41(57)50-62(59,60)30-16-17-30)21-28(43)13-7-2-1-3-8-15-33(40(56)52(35)24-29)47-39(55)36(26-10-5-4-6-11-26)48-37(53)34-22-45-18-19-46-34;1-34(2,3)50-32(45)37-27-13-8-6-4-5-7-11-22-17-35(22,31(44)39-51(47,48)24-14-15-24)38-29(42)28-16-23(19-41(28)30(27)43)49-33(46)40-18-21-10-9-12-26(36)25(21)20-40;17-12(10-8-14-6-7-15-10)16-11(13(18)19)9-4-2-1-3-5-9/h7,9,12-14,18-19,22,26,28-30,33,35-36H,1-6,8,10-11,15-17,20-21,23-25H2,(H,47,55)(H,48,53)(H,49,54)(H,50,57);7,9-12,22-24,27-28H,4-6,8,13-20H2,1-3H3,(H,37,45)(H,38,42)(H,39,44);6-9,11H,1-5H2,(H,16,17)(H,18,19)/b13-7-;11-7-;/t28-,29-,33+,35+,36+,43-;22-,23-,27+,28+,35-;/m11./s1. The summed E-state index contributed by atoms with van der Waals surface area (Å²) in [5, 5.41) is 24.5. The molecule has 2 saturated heterocycles. The lowest BCUT2D eigenvalue weighted by atomic mass is 9.83. The Morgan fingerprint density at radius 1 is 0.523 bits per heavy atom. The van der Waals surface area contributed by atoms with Crippen molar-refractivity contribution in [1.29, 1.82) is 0 Å². The molecule has 2 aromatic heterocycles. The third-order valence-electron chi connectivity index (χ3n) is 26.6. The number of ether oxygens (including phenoxy) is 3. The molecule has 12 aliphatic rings. The molecule has 712 valence electrons. The van der Waals surface area contributed by atoms with Gasteiger partial charge in [-0.2, -0.15) is 0 Å². The van der Waals surface area contributed by atoms with E-state index in [4.69, 9.17) is 14.2 Å². The van der Waals surface area contributed by atoms with Gasteiger partial charge in [-0.15, -0.1) is 0 Å². The van der Waals surface area contributed by atoms with Crippen LogP contribution in [0, 0.1) is 35.3 Å². The molecule has 1 unspecified atom stereocenters. The number of sulfonamides is 2. The molecule has 6 saturated carbocycles. The van der Waals surface area contributed by atoms with E-state index >= 15 is 0 Å². The highest BCUT2D eigenvalue weighted by atomic mass is 32.2. The lowest BCUT2D eigenvalue weighted by molar-refractivity contribution is -0.143. The Kier molecular flexibility index (Phi) is 30.4. The zero-order chi connectivity index (χ0) is 94.0. The van der Waals surface area contributed by atoms with Crippen LogP contribution in [0.2, 0.25) is 0 Å².